The molecule has 1 atom stereocenters. The standard InChI is InChI=1S/C20H23Cl2N6OS/c1-13-18(12-27(2)25-13)26-30(29)20-16(21)9-15(10-17(20)22)14-3-4-24-19(11-14)28-7-5-23-6-8-28/h3-4,9-12,23,26,29H,5-8H2,1-2H3/q+1. The molecular weight excluding hydrogens is 443 g/mol. The van der Waals surface area contributed by atoms with Crippen molar-refractivity contribution in [3.63, 3.8) is 0 Å². The van der Waals surface area contributed by atoms with Gasteiger partial charge in [0, 0.05) is 39.4 Å². The van der Waals surface area contributed by atoms with Gasteiger partial charge in [-0.3, -0.25) is 4.68 Å². The molecule has 0 spiro atoms. The van der Waals surface area contributed by atoms with Crippen LogP contribution in [0, 0.1) is 6.92 Å². The van der Waals surface area contributed by atoms with Crippen molar-refractivity contribution in [1.29, 1.82) is 0 Å². The van der Waals surface area contributed by atoms with Gasteiger partial charge >= 0.3 is 11.4 Å². The second kappa shape index (κ2) is 9.03. The first kappa shape index (κ1) is 21.3. The summed E-state index contributed by atoms with van der Waals surface area (Å²) in [6, 6.07) is 7.63. The highest BCUT2D eigenvalue weighted by molar-refractivity contribution is 7.93. The first-order valence-electron chi connectivity index (χ1n) is 9.54. The number of benzene rings is 1. The summed E-state index contributed by atoms with van der Waals surface area (Å²) in [7, 11) is 1.83. The predicted molar refractivity (Wildman–Crippen MR) is 125 cm³/mol. The molecule has 0 radical (unpaired) electrons. The van der Waals surface area contributed by atoms with Crippen LogP contribution in [0.2, 0.25) is 10.0 Å². The van der Waals surface area contributed by atoms with Crippen LogP contribution in [0.4, 0.5) is 11.5 Å². The van der Waals surface area contributed by atoms with E-state index in [-0.39, 0.29) is 0 Å². The van der Waals surface area contributed by atoms with Crippen LogP contribution in [0.3, 0.4) is 0 Å². The van der Waals surface area contributed by atoms with Gasteiger partial charge in [-0.15, -0.1) is 0 Å². The largest absolute Gasteiger partial charge is 0.354 e. The third-order valence-electron chi connectivity index (χ3n) is 4.93. The van der Waals surface area contributed by atoms with E-state index in [0.717, 1.165) is 54.5 Å². The van der Waals surface area contributed by atoms with Crippen molar-refractivity contribution in [3.05, 3.63) is 52.4 Å². The molecule has 3 N–H and O–H groups in total. The van der Waals surface area contributed by atoms with Crippen molar-refractivity contribution in [2.24, 2.45) is 7.05 Å². The molecule has 10 heteroatoms. The molecule has 0 saturated carbocycles. The number of nitrogens with one attached hydrogen (secondary N) is 2. The van der Waals surface area contributed by atoms with Crippen molar-refractivity contribution in [1.82, 2.24) is 20.1 Å². The van der Waals surface area contributed by atoms with Crippen LogP contribution in [0.5, 0.6) is 0 Å². The predicted octanol–water partition coefficient (Wildman–Crippen LogP) is 3.98. The summed E-state index contributed by atoms with van der Waals surface area (Å²) in [6.07, 6.45) is 3.60. The number of piperazine rings is 1. The Labute approximate surface area is 188 Å². The number of rotatable bonds is 5. The van der Waals surface area contributed by atoms with Crippen molar-refractivity contribution in [3.8, 4) is 11.1 Å². The highest BCUT2D eigenvalue weighted by atomic mass is 35.5. The number of anilines is 2. The summed E-state index contributed by atoms with van der Waals surface area (Å²) < 4.78 is 15.5. The van der Waals surface area contributed by atoms with Crippen molar-refractivity contribution >= 4 is 46.1 Å². The van der Waals surface area contributed by atoms with Crippen LogP contribution < -0.4 is 14.9 Å². The van der Waals surface area contributed by atoms with Gasteiger partial charge in [-0.2, -0.15) is 14.4 Å². The zero-order valence-electron chi connectivity index (χ0n) is 16.7. The third kappa shape index (κ3) is 4.53. The second-order valence-electron chi connectivity index (χ2n) is 7.10. The lowest BCUT2D eigenvalue weighted by atomic mass is 10.1. The summed E-state index contributed by atoms with van der Waals surface area (Å²) in [6.45, 7) is 5.60. The topological polar surface area (TPSA) is 78.2 Å². The number of hydrogen-bond acceptors (Lipinski definition) is 6. The van der Waals surface area contributed by atoms with Crippen LogP contribution in [0.1, 0.15) is 5.69 Å². The van der Waals surface area contributed by atoms with E-state index in [9.17, 15) is 4.55 Å². The minimum Gasteiger partial charge on any atom is -0.354 e. The summed E-state index contributed by atoms with van der Waals surface area (Å²) in [5.41, 5.74) is 3.37. The minimum absolute atomic E-state index is 0.401. The number of pyridine rings is 1. The zero-order chi connectivity index (χ0) is 21.3. The third-order valence-corrected chi connectivity index (χ3v) is 6.99. The Hall–Kier alpha value is -1.97. The first-order valence-corrected chi connectivity index (χ1v) is 11.5. The Morgan fingerprint density at radius 1 is 1.13 bits per heavy atom. The highest BCUT2D eigenvalue weighted by Gasteiger charge is 2.30. The Morgan fingerprint density at radius 3 is 2.47 bits per heavy atom. The van der Waals surface area contributed by atoms with E-state index >= 15 is 0 Å². The molecule has 4 rings (SSSR count). The smallest absolute Gasteiger partial charge is 0.306 e. The molecule has 2 aromatic heterocycles. The molecule has 3 heterocycles. The first-order chi connectivity index (χ1) is 14.4. The van der Waals surface area contributed by atoms with E-state index in [4.69, 9.17) is 23.2 Å². The average molecular weight is 466 g/mol. The van der Waals surface area contributed by atoms with Crippen LogP contribution in [0.25, 0.3) is 11.1 Å². The van der Waals surface area contributed by atoms with Gasteiger partial charge in [-0.25, -0.2) is 4.98 Å². The molecule has 0 bridgehead atoms. The maximum Gasteiger partial charge on any atom is 0.306 e. The normalized spacial score (nSPS) is 15.3. The molecule has 1 aliphatic heterocycles. The molecule has 1 fully saturated rings. The molecule has 0 aliphatic carbocycles. The number of aromatic nitrogens is 3. The van der Waals surface area contributed by atoms with Crippen molar-refractivity contribution in [2.45, 2.75) is 11.8 Å². The quantitative estimate of drug-likeness (QED) is 0.494. The molecule has 1 saturated heterocycles. The van der Waals surface area contributed by atoms with Gasteiger partial charge in [-0.05, 0) is 42.3 Å². The number of hydrogen-bond donors (Lipinski definition) is 3. The van der Waals surface area contributed by atoms with Crippen LogP contribution >= 0.6 is 23.2 Å². The summed E-state index contributed by atoms with van der Waals surface area (Å²) in [5.74, 6) is 0.931. The van der Waals surface area contributed by atoms with Crippen LogP contribution in [-0.4, -0.2) is 45.5 Å². The molecule has 158 valence electrons. The molecular formula is C20H23Cl2N6OS+. The minimum atomic E-state index is -1.37. The Morgan fingerprint density at radius 2 is 1.83 bits per heavy atom. The maximum atomic E-state index is 10.7. The van der Waals surface area contributed by atoms with Crippen LogP contribution in [0.15, 0.2) is 41.6 Å². The lowest BCUT2D eigenvalue weighted by molar-refractivity contribution is 0.585. The van der Waals surface area contributed by atoms with Crippen LogP contribution in [-0.2, 0) is 18.4 Å². The average Bonchev–Trinajstić information content (AvgIpc) is 3.04. The number of nitrogens with zero attached hydrogens (tertiary/aromatic N) is 4. The van der Waals surface area contributed by atoms with Gasteiger partial charge in [-0.1, -0.05) is 23.2 Å². The summed E-state index contributed by atoms with van der Waals surface area (Å²) in [4.78, 5) is 7.22. The Balaban J connectivity index is 1.60. The second-order valence-corrected chi connectivity index (χ2v) is 9.09. The Bertz CT molecular complexity index is 1030. The molecule has 1 aromatic carbocycles. The van der Waals surface area contributed by atoms with Gasteiger partial charge in [0.05, 0.1) is 11.9 Å². The molecule has 30 heavy (non-hydrogen) atoms. The summed E-state index contributed by atoms with van der Waals surface area (Å²) >= 11 is 11.7. The fourth-order valence-corrected chi connectivity index (χ4v) is 5.35. The number of aryl methyl sites for hydroxylation is 2. The van der Waals surface area contributed by atoms with Crippen molar-refractivity contribution < 1.29 is 4.55 Å². The fraction of sp³-hybridized carbons (Fsp3) is 0.300. The lowest BCUT2D eigenvalue weighted by Gasteiger charge is -2.28. The van der Waals surface area contributed by atoms with Gasteiger partial charge < -0.3 is 10.2 Å². The van der Waals surface area contributed by atoms with E-state index in [0.29, 0.717) is 14.9 Å². The Kier molecular flexibility index (Phi) is 6.40. The summed E-state index contributed by atoms with van der Waals surface area (Å²) in [5, 5.41) is 8.42. The van der Waals surface area contributed by atoms with E-state index in [1.165, 1.54) is 0 Å². The van der Waals surface area contributed by atoms with Gasteiger partial charge in [0.1, 0.15) is 21.6 Å². The monoisotopic (exact) mass is 465 g/mol. The molecule has 0 amide bonds. The van der Waals surface area contributed by atoms with E-state index in [1.807, 2.05) is 38.2 Å². The molecule has 1 aliphatic rings. The SMILES string of the molecule is Cc1nn(C)cc1N[S+](O)c1c(Cl)cc(-c2ccnc(N3CCNCC3)c2)cc1Cl. The highest BCUT2D eigenvalue weighted by Crippen LogP contribution is 2.36. The van der Waals surface area contributed by atoms with Gasteiger partial charge in [0.15, 0.2) is 0 Å². The van der Waals surface area contributed by atoms with Gasteiger partial charge in [0.2, 0.25) is 0 Å². The van der Waals surface area contributed by atoms with E-state index in [1.54, 1.807) is 17.1 Å². The van der Waals surface area contributed by atoms with E-state index < -0.39 is 11.4 Å². The maximum absolute atomic E-state index is 10.7. The number of halogens is 2. The fourth-order valence-electron chi connectivity index (χ4n) is 3.43. The lowest BCUT2D eigenvalue weighted by Crippen LogP contribution is -2.43. The van der Waals surface area contributed by atoms with E-state index in [2.05, 4.69) is 25.0 Å². The molecule has 7 nitrogen and oxygen atoms in total. The van der Waals surface area contributed by atoms with Crippen molar-refractivity contribution in [2.75, 3.05) is 35.8 Å². The zero-order valence-corrected chi connectivity index (χ0v) is 19.0. The van der Waals surface area contributed by atoms with Gasteiger partial charge in [0.25, 0.3) is 4.90 Å². The molecule has 3 aromatic rings. The molecule has 1 unspecified atom stereocenters.